The van der Waals surface area contributed by atoms with Crippen LogP contribution < -0.4 is 29.1 Å². The topological polar surface area (TPSA) is 87.6 Å². The third-order valence-corrected chi connectivity index (χ3v) is 6.77. The molecule has 0 unspecified atom stereocenters. The third-order valence-electron chi connectivity index (χ3n) is 6.77. The summed E-state index contributed by atoms with van der Waals surface area (Å²) in [5, 5.41) is 4.16. The molecule has 0 aliphatic heterocycles. The normalized spacial score (nSPS) is 10.7. The maximum Gasteiger partial charge on any atom is 0.271 e. The van der Waals surface area contributed by atoms with Crippen LogP contribution in [0, 0.1) is 0 Å². The molecule has 0 aliphatic rings. The summed E-state index contributed by atoms with van der Waals surface area (Å²) in [6.07, 6.45) is 1.52. The maximum absolute atomic E-state index is 13.4. The van der Waals surface area contributed by atoms with E-state index in [1.54, 1.807) is 44.6 Å². The molecular formula is C37H34N2O6. The molecule has 0 atom stereocenters. The molecular weight excluding hydrogens is 568 g/mol. The predicted octanol–water partition coefficient (Wildman–Crippen LogP) is 7.20. The Hall–Kier alpha value is -5.76. The average molecular weight is 603 g/mol. The van der Waals surface area contributed by atoms with E-state index in [1.165, 1.54) is 6.21 Å². The van der Waals surface area contributed by atoms with Crippen LogP contribution in [0.5, 0.6) is 28.7 Å². The van der Waals surface area contributed by atoms with Crippen LogP contribution >= 0.6 is 0 Å². The first-order chi connectivity index (χ1) is 22.1. The fourth-order valence-corrected chi connectivity index (χ4v) is 4.43. The first-order valence-corrected chi connectivity index (χ1v) is 14.4. The molecule has 0 aromatic heterocycles. The first kappa shape index (κ1) is 30.7. The Morgan fingerprint density at radius 2 is 1.09 bits per heavy atom. The molecule has 0 aliphatic carbocycles. The van der Waals surface area contributed by atoms with E-state index in [-0.39, 0.29) is 25.4 Å². The van der Waals surface area contributed by atoms with Gasteiger partial charge in [0.15, 0.2) is 23.0 Å². The molecule has 0 saturated heterocycles. The summed E-state index contributed by atoms with van der Waals surface area (Å²) in [5.74, 6) is 1.84. The second-order valence-corrected chi connectivity index (χ2v) is 9.94. The molecule has 5 aromatic carbocycles. The smallest absolute Gasteiger partial charge is 0.271 e. The fraction of sp³-hybridized carbons (Fsp3) is 0.135. The quantitative estimate of drug-likeness (QED) is 0.107. The van der Waals surface area contributed by atoms with Crippen molar-refractivity contribution in [2.45, 2.75) is 19.8 Å². The zero-order chi connectivity index (χ0) is 31.3. The average Bonchev–Trinajstić information content (AvgIpc) is 3.10. The Bertz CT molecular complexity index is 1650. The third kappa shape index (κ3) is 8.64. The summed E-state index contributed by atoms with van der Waals surface area (Å²) in [6.45, 7) is 0.817. The van der Waals surface area contributed by atoms with Crippen molar-refractivity contribution in [3.05, 3.63) is 149 Å². The van der Waals surface area contributed by atoms with Gasteiger partial charge in [0.1, 0.15) is 19.8 Å². The van der Waals surface area contributed by atoms with E-state index in [0.29, 0.717) is 28.7 Å². The van der Waals surface area contributed by atoms with Gasteiger partial charge in [-0.25, -0.2) is 5.43 Å². The van der Waals surface area contributed by atoms with Crippen molar-refractivity contribution >= 4 is 12.1 Å². The minimum atomic E-state index is -0.449. The molecule has 1 N–H and O–H groups in total. The summed E-state index contributed by atoms with van der Waals surface area (Å²) in [5.41, 5.74) is 6.52. The number of ether oxygens (including phenoxy) is 5. The number of amides is 1. The number of rotatable bonds is 14. The van der Waals surface area contributed by atoms with Crippen LogP contribution in [-0.4, -0.2) is 26.3 Å². The van der Waals surface area contributed by atoms with Crippen molar-refractivity contribution in [3.63, 3.8) is 0 Å². The molecule has 5 rings (SSSR count). The van der Waals surface area contributed by atoms with E-state index in [1.807, 2.05) is 91.0 Å². The zero-order valence-electron chi connectivity index (χ0n) is 25.1. The molecule has 8 nitrogen and oxygen atoms in total. The number of hydrazone groups is 1. The number of hydrogen-bond donors (Lipinski definition) is 1. The van der Waals surface area contributed by atoms with Gasteiger partial charge in [-0.3, -0.25) is 4.79 Å². The molecule has 0 saturated carbocycles. The highest BCUT2D eigenvalue weighted by atomic mass is 16.5. The molecule has 228 valence electrons. The van der Waals surface area contributed by atoms with Gasteiger partial charge in [0.25, 0.3) is 5.91 Å². The Balaban J connectivity index is 1.44. The molecule has 0 spiro atoms. The van der Waals surface area contributed by atoms with Crippen LogP contribution in [0.4, 0.5) is 0 Å². The zero-order valence-corrected chi connectivity index (χ0v) is 25.1. The molecule has 45 heavy (non-hydrogen) atoms. The summed E-state index contributed by atoms with van der Waals surface area (Å²) in [4.78, 5) is 13.4. The Kier molecular flexibility index (Phi) is 10.7. The van der Waals surface area contributed by atoms with Gasteiger partial charge >= 0.3 is 0 Å². The van der Waals surface area contributed by atoms with E-state index in [2.05, 4.69) is 10.5 Å². The summed E-state index contributed by atoms with van der Waals surface area (Å²) < 4.78 is 29.5. The van der Waals surface area contributed by atoms with Crippen LogP contribution in [-0.2, 0) is 19.8 Å². The van der Waals surface area contributed by atoms with E-state index < -0.39 is 5.91 Å². The largest absolute Gasteiger partial charge is 0.493 e. The van der Waals surface area contributed by atoms with Crippen molar-refractivity contribution in [3.8, 4) is 28.7 Å². The van der Waals surface area contributed by atoms with Crippen LogP contribution in [0.2, 0.25) is 0 Å². The number of hydrogen-bond acceptors (Lipinski definition) is 7. The number of nitrogens with zero attached hydrogens (tertiary/aromatic N) is 1. The van der Waals surface area contributed by atoms with Crippen molar-refractivity contribution in [1.29, 1.82) is 0 Å². The van der Waals surface area contributed by atoms with Crippen LogP contribution in [0.3, 0.4) is 0 Å². The van der Waals surface area contributed by atoms with Crippen molar-refractivity contribution < 1.29 is 28.5 Å². The van der Waals surface area contributed by atoms with Gasteiger partial charge in [0.2, 0.25) is 5.75 Å². The standard InChI is InChI=1S/C37H34N2O6/c1-41-32-19-18-30(20-33(32)42-2)23-38-39-37(40)31-21-34(43-24-27-12-6-3-7-13-27)36(45-26-29-16-10-5-11-17-29)35(22-31)44-25-28-14-8-4-9-15-28/h3-23H,24-26H2,1-2H3,(H,39,40)/b38-23+. The van der Waals surface area contributed by atoms with Gasteiger partial charge in [0, 0.05) is 5.56 Å². The summed E-state index contributed by atoms with van der Waals surface area (Å²) >= 11 is 0. The van der Waals surface area contributed by atoms with Crippen molar-refractivity contribution in [1.82, 2.24) is 5.43 Å². The number of carbonyl (C=O) groups is 1. The SMILES string of the molecule is COc1ccc(/C=N/NC(=O)c2cc(OCc3ccccc3)c(OCc3ccccc3)c(OCc3ccccc3)c2)cc1OC. The Labute approximate surface area is 262 Å². The van der Waals surface area contributed by atoms with Gasteiger partial charge in [-0.2, -0.15) is 5.10 Å². The highest BCUT2D eigenvalue weighted by Gasteiger charge is 2.20. The lowest BCUT2D eigenvalue weighted by atomic mass is 10.1. The minimum Gasteiger partial charge on any atom is -0.493 e. The second-order valence-electron chi connectivity index (χ2n) is 9.94. The highest BCUT2D eigenvalue weighted by molar-refractivity contribution is 5.96. The van der Waals surface area contributed by atoms with E-state index in [9.17, 15) is 4.79 Å². The fourth-order valence-electron chi connectivity index (χ4n) is 4.43. The van der Waals surface area contributed by atoms with Gasteiger partial charge in [-0.15, -0.1) is 0 Å². The molecule has 1 amide bonds. The monoisotopic (exact) mass is 602 g/mol. The first-order valence-electron chi connectivity index (χ1n) is 14.4. The molecule has 0 fully saturated rings. The van der Waals surface area contributed by atoms with Gasteiger partial charge in [-0.1, -0.05) is 91.0 Å². The Morgan fingerprint density at radius 1 is 0.600 bits per heavy atom. The Morgan fingerprint density at radius 3 is 1.58 bits per heavy atom. The molecule has 0 radical (unpaired) electrons. The lowest BCUT2D eigenvalue weighted by molar-refractivity contribution is 0.0953. The predicted molar refractivity (Wildman–Crippen MR) is 173 cm³/mol. The van der Waals surface area contributed by atoms with Crippen molar-refractivity contribution in [2.24, 2.45) is 5.10 Å². The van der Waals surface area contributed by atoms with Gasteiger partial charge in [-0.05, 0) is 52.6 Å². The molecule has 0 bridgehead atoms. The summed E-state index contributed by atoms with van der Waals surface area (Å²) in [7, 11) is 3.13. The van der Waals surface area contributed by atoms with E-state index in [4.69, 9.17) is 23.7 Å². The maximum atomic E-state index is 13.4. The lowest BCUT2D eigenvalue weighted by Gasteiger charge is -2.19. The molecule has 8 heteroatoms. The van der Waals surface area contributed by atoms with Crippen LogP contribution in [0.15, 0.2) is 126 Å². The van der Waals surface area contributed by atoms with Gasteiger partial charge in [0.05, 0.1) is 20.4 Å². The van der Waals surface area contributed by atoms with Crippen LogP contribution in [0.25, 0.3) is 0 Å². The van der Waals surface area contributed by atoms with Crippen LogP contribution in [0.1, 0.15) is 32.6 Å². The number of benzene rings is 5. The van der Waals surface area contributed by atoms with E-state index in [0.717, 1.165) is 22.3 Å². The molecule has 0 heterocycles. The number of carbonyl (C=O) groups excluding carboxylic acids is 1. The second kappa shape index (κ2) is 15.6. The lowest BCUT2D eigenvalue weighted by Crippen LogP contribution is -2.18. The minimum absolute atomic E-state index is 0.267. The van der Waals surface area contributed by atoms with E-state index >= 15 is 0 Å². The van der Waals surface area contributed by atoms with Gasteiger partial charge < -0.3 is 23.7 Å². The number of methoxy groups -OCH3 is 2. The van der Waals surface area contributed by atoms with Crippen molar-refractivity contribution in [2.75, 3.05) is 14.2 Å². The molecule has 5 aromatic rings. The summed E-state index contributed by atoms with van der Waals surface area (Å²) in [6, 6.07) is 38.0. The highest BCUT2D eigenvalue weighted by Crippen LogP contribution is 2.40. The number of nitrogens with one attached hydrogen (secondary N) is 1.